The van der Waals surface area contributed by atoms with Crippen molar-refractivity contribution in [2.24, 2.45) is 5.41 Å². The Morgan fingerprint density at radius 3 is 1.41 bits per heavy atom. The molecule has 2 aliphatic carbocycles. The van der Waals surface area contributed by atoms with E-state index in [1.807, 2.05) is 61.2 Å². The van der Waals surface area contributed by atoms with Gasteiger partial charge in [-0.05, 0) is 134 Å². The number of rotatable bonds is 13. The molecule has 4 aliphatic rings. The molecule has 4 fully saturated rings. The van der Waals surface area contributed by atoms with E-state index in [-0.39, 0.29) is 28.4 Å². The van der Waals surface area contributed by atoms with E-state index >= 15 is 0 Å². The monoisotopic (exact) mass is 992 g/mol. The minimum absolute atomic E-state index is 0. The number of nitrogens with one attached hydrogen (secondary N) is 1. The lowest BCUT2D eigenvalue weighted by molar-refractivity contribution is 0.0295. The zero-order chi connectivity index (χ0) is 48.3. The summed E-state index contributed by atoms with van der Waals surface area (Å²) in [7, 11) is -6.58. The van der Waals surface area contributed by atoms with Crippen LogP contribution in [-0.2, 0) is 19.7 Å². The second kappa shape index (κ2) is 18.6. The molecule has 1 spiro atoms. The lowest BCUT2D eigenvalue weighted by atomic mass is 9.73. The van der Waals surface area contributed by atoms with Crippen molar-refractivity contribution in [1.29, 1.82) is 0 Å². The normalized spacial score (nSPS) is 17.7. The van der Waals surface area contributed by atoms with Crippen LogP contribution in [0.4, 0.5) is 0 Å². The number of nitrogens with zero attached hydrogens (tertiary/aromatic N) is 7. The largest absolute Gasteiger partial charge is 0.487 e. The third kappa shape index (κ3) is 10.2. The Bertz CT molecular complexity index is 3460. The van der Waals surface area contributed by atoms with Crippen molar-refractivity contribution in [3.63, 3.8) is 0 Å². The predicted octanol–water partition coefficient (Wildman–Crippen LogP) is 9.49. The summed E-state index contributed by atoms with van der Waals surface area (Å²) in [4.78, 5) is 12.4. The van der Waals surface area contributed by atoms with Gasteiger partial charge in [-0.1, -0.05) is 62.9 Å². The number of hydrogen-bond donors (Lipinski definition) is 1. The molecule has 0 amide bonds. The first-order valence-electron chi connectivity index (χ1n) is 24.0. The van der Waals surface area contributed by atoms with Crippen molar-refractivity contribution in [2.45, 2.75) is 80.3 Å². The van der Waals surface area contributed by atoms with Crippen LogP contribution in [0.1, 0.15) is 59.3 Å². The predicted molar refractivity (Wildman–Crippen MR) is 277 cm³/mol. The lowest BCUT2D eigenvalue weighted by Crippen LogP contribution is -2.58. The van der Waals surface area contributed by atoms with Crippen molar-refractivity contribution < 1.29 is 26.3 Å². The molecule has 4 aromatic heterocycles. The van der Waals surface area contributed by atoms with Crippen LogP contribution in [0.15, 0.2) is 144 Å². The van der Waals surface area contributed by atoms with Crippen molar-refractivity contribution in [2.75, 3.05) is 45.2 Å². The highest BCUT2D eigenvalue weighted by Gasteiger charge is 2.49. The second-order valence-corrected chi connectivity index (χ2v) is 23.8. The summed E-state index contributed by atoms with van der Waals surface area (Å²) in [5, 5.41) is 12.4. The highest BCUT2D eigenvalue weighted by atomic mass is 32.2. The van der Waals surface area contributed by atoms with E-state index in [4.69, 9.17) is 9.47 Å². The van der Waals surface area contributed by atoms with Gasteiger partial charge in [0, 0.05) is 79.2 Å². The molecule has 71 heavy (non-hydrogen) atoms. The topological polar surface area (TPSA) is 162 Å². The van der Waals surface area contributed by atoms with Crippen molar-refractivity contribution >= 4 is 31.0 Å². The summed E-state index contributed by atoms with van der Waals surface area (Å²) in [5.74, 6) is 1.80. The number of piperidine rings is 1. The molecule has 1 N–H and O–H groups in total. The number of ether oxygens (including phenoxy) is 2. The summed E-state index contributed by atoms with van der Waals surface area (Å²) >= 11 is 0. The summed E-state index contributed by atoms with van der Waals surface area (Å²) in [6, 6.07) is 30.0. The van der Waals surface area contributed by atoms with Gasteiger partial charge in [-0.25, -0.2) is 35.8 Å². The summed E-state index contributed by atoms with van der Waals surface area (Å²) in [6.07, 6.45) is 21.5. The van der Waals surface area contributed by atoms with Gasteiger partial charge < -0.3 is 14.8 Å². The van der Waals surface area contributed by atoms with E-state index < -0.39 is 19.7 Å². The molecule has 0 unspecified atom stereocenters. The van der Waals surface area contributed by atoms with Crippen molar-refractivity contribution in [3.8, 4) is 56.0 Å². The summed E-state index contributed by atoms with van der Waals surface area (Å²) < 4.78 is 63.9. The first kappa shape index (κ1) is 48.2. The Morgan fingerprint density at radius 1 is 0.563 bits per heavy atom. The van der Waals surface area contributed by atoms with E-state index in [1.165, 1.54) is 51.5 Å². The molecule has 12 rings (SSSR count). The Kier molecular flexibility index (Phi) is 12.6. The maximum absolute atomic E-state index is 12.0. The molecule has 4 aromatic carbocycles. The molecule has 0 radical (unpaired) electrons. The van der Waals surface area contributed by atoms with Crippen molar-refractivity contribution in [1.82, 2.24) is 39.4 Å². The fourth-order valence-corrected chi connectivity index (χ4v) is 11.0. The van der Waals surface area contributed by atoms with Gasteiger partial charge in [0.05, 0.1) is 22.2 Å². The van der Waals surface area contributed by atoms with Crippen LogP contribution >= 0.6 is 0 Å². The number of likely N-dealkylation sites (tertiary alicyclic amines) is 1. The maximum atomic E-state index is 12.0. The fourth-order valence-electron chi connectivity index (χ4n) is 9.70. The van der Waals surface area contributed by atoms with Crippen LogP contribution in [-0.4, -0.2) is 107 Å². The molecule has 368 valence electrons. The van der Waals surface area contributed by atoms with E-state index in [9.17, 15) is 16.8 Å². The summed E-state index contributed by atoms with van der Waals surface area (Å²) in [5.41, 5.74) is 9.00. The average Bonchev–Trinajstić information content (AvgIpc) is 4.21. The van der Waals surface area contributed by atoms with E-state index in [0.717, 1.165) is 94.7 Å². The van der Waals surface area contributed by atoms with E-state index in [2.05, 4.69) is 61.6 Å². The molecule has 14 nitrogen and oxygen atoms in total. The standard InChI is InChI=1S/C30H33N5O3S.C24H23N3O3S.CH4/c1-39(36,37)26-4-2-3-23(15-26)27-17-33-35-18-24(16-32-28(27)35)22-5-7-25(8-6-22)38-30(9-10-30)21-34-13-11-29(12-14-34)19-31-20-29;1-3-24(11-12-24)30-20-9-7-17(8-10-20)19-14-25-23-22(15-26-27(23)16-19)18-5-4-6-21(13-18)31(2,28)29;/h2-8,15-18,31H,9-14,19-21H2,1H3;4-10,13-16H,3,11-12H2,1-2H3;1H4. The molecule has 2 saturated heterocycles. The highest BCUT2D eigenvalue weighted by Crippen LogP contribution is 2.45. The second-order valence-electron chi connectivity index (χ2n) is 19.8. The van der Waals surface area contributed by atoms with Crippen LogP contribution in [0, 0.1) is 5.41 Å². The number of aromatic nitrogens is 6. The molecule has 16 heteroatoms. The SMILES string of the molecule is C.CCC1(Oc2ccc(-c3cnc4c(-c5cccc(S(C)(=O)=O)c5)cnn4c3)cc2)CC1.CS(=O)(=O)c1cccc(-c2cnn3cc(-c4ccc(OC5(CN6CCC7(CC6)CNC7)CC5)cc4)cnc23)c1. The molecule has 0 atom stereocenters. The van der Waals surface area contributed by atoms with Crippen LogP contribution in [0.25, 0.3) is 55.8 Å². The Balaban J connectivity index is 0.000000166. The first-order chi connectivity index (χ1) is 33.7. The Labute approximate surface area is 415 Å². The number of hydrogen-bond acceptors (Lipinski definition) is 12. The van der Waals surface area contributed by atoms with Gasteiger partial charge in [-0.2, -0.15) is 10.2 Å². The van der Waals surface area contributed by atoms with Crippen LogP contribution in [0.5, 0.6) is 11.5 Å². The van der Waals surface area contributed by atoms with Gasteiger partial charge in [-0.3, -0.25) is 4.90 Å². The van der Waals surface area contributed by atoms with Gasteiger partial charge in [0.2, 0.25) is 0 Å². The van der Waals surface area contributed by atoms with Crippen LogP contribution in [0.3, 0.4) is 0 Å². The van der Waals surface area contributed by atoms with Crippen LogP contribution < -0.4 is 14.8 Å². The first-order valence-corrected chi connectivity index (χ1v) is 27.8. The van der Waals surface area contributed by atoms with Gasteiger partial charge in [0.1, 0.15) is 22.7 Å². The van der Waals surface area contributed by atoms with Crippen LogP contribution in [0.2, 0.25) is 0 Å². The fraction of sp³-hybridized carbons (Fsp3) is 0.345. The minimum Gasteiger partial charge on any atom is -0.487 e. The minimum atomic E-state index is -3.30. The Hall–Kier alpha value is -6.46. The summed E-state index contributed by atoms with van der Waals surface area (Å²) in [6.45, 7) is 7.93. The van der Waals surface area contributed by atoms with E-state index in [1.54, 1.807) is 57.8 Å². The van der Waals surface area contributed by atoms with Gasteiger partial charge in [-0.15, -0.1) is 0 Å². The highest BCUT2D eigenvalue weighted by molar-refractivity contribution is 7.91. The molecule has 8 aromatic rings. The zero-order valence-corrected chi connectivity index (χ0v) is 41.2. The molecule has 2 aliphatic heterocycles. The Morgan fingerprint density at radius 2 is 1.01 bits per heavy atom. The molecule has 0 bridgehead atoms. The number of benzene rings is 4. The van der Waals surface area contributed by atoms with Gasteiger partial charge in [0.25, 0.3) is 0 Å². The van der Waals surface area contributed by atoms with E-state index in [0.29, 0.717) is 16.7 Å². The smallest absolute Gasteiger partial charge is 0.175 e. The third-order valence-electron chi connectivity index (χ3n) is 14.6. The average molecular weight is 993 g/mol. The van der Waals surface area contributed by atoms with Crippen molar-refractivity contribution in [3.05, 3.63) is 134 Å². The number of fused-ring (bicyclic) bond motifs is 2. The lowest BCUT2D eigenvalue weighted by Gasteiger charge is -2.48. The molecular formula is C55H60N8O6S2. The quantitative estimate of drug-likeness (QED) is 0.117. The van der Waals surface area contributed by atoms with Gasteiger partial charge >= 0.3 is 0 Å². The molecule has 6 heterocycles. The molecule has 2 saturated carbocycles. The number of sulfone groups is 2. The molecular weight excluding hydrogens is 933 g/mol. The zero-order valence-electron chi connectivity index (χ0n) is 39.6. The third-order valence-corrected chi connectivity index (χ3v) is 16.8. The van der Waals surface area contributed by atoms with Gasteiger partial charge in [0.15, 0.2) is 31.0 Å². The maximum Gasteiger partial charge on any atom is 0.175 e.